The third-order valence-electron chi connectivity index (χ3n) is 4.40. The van der Waals surface area contributed by atoms with Gasteiger partial charge in [0.05, 0.1) is 11.4 Å². The quantitative estimate of drug-likeness (QED) is 0.733. The van der Waals surface area contributed by atoms with Gasteiger partial charge >= 0.3 is 0 Å². The third kappa shape index (κ3) is 2.80. The number of aryl methyl sites for hydroxylation is 1. The van der Waals surface area contributed by atoms with Crippen molar-refractivity contribution < 1.29 is 0 Å². The van der Waals surface area contributed by atoms with Gasteiger partial charge in [-0.2, -0.15) is 0 Å². The van der Waals surface area contributed by atoms with Crippen LogP contribution in [-0.2, 0) is 25.9 Å². The number of rotatable bonds is 3. The molecule has 0 saturated carbocycles. The highest BCUT2D eigenvalue weighted by atomic mass is 16.1. The van der Waals surface area contributed by atoms with Gasteiger partial charge in [-0.05, 0) is 24.1 Å². The first-order valence-electron chi connectivity index (χ1n) is 8.26. The van der Waals surface area contributed by atoms with Gasteiger partial charge in [0.1, 0.15) is 11.5 Å². The Hall–Kier alpha value is -2.60. The van der Waals surface area contributed by atoms with Crippen molar-refractivity contribution in [1.82, 2.24) is 24.3 Å². The lowest BCUT2D eigenvalue weighted by Gasteiger charge is -2.27. The Morgan fingerprint density at radius 2 is 2.17 bits per heavy atom. The maximum absolute atomic E-state index is 12.2. The van der Waals surface area contributed by atoms with E-state index in [1.165, 1.54) is 5.56 Å². The second-order valence-corrected chi connectivity index (χ2v) is 6.09. The predicted octanol–water partition coefficient (Wildman–Crippen LogP) is 1.61. The van der Waals surface area contributed by atoms with Gasteiger partial charge in [-0.15, -0.1) is 0 Å². The molecule has 4 heterocycles. The number of pyridine rings is 1. The minimum Gasteiger partial charge on any atom is -0.291 e. The largest absolute Gasteiger partial charge is 0.291 e. The van der Waals surface area contributed by atoms with Crippen molar-refractivity contribution in [3.63, 3.8) is 0 Å². The average Bonchev–Trinajstić information content (AvgIpc) is 2.61. The predicted molar refractivity (Wildman–Crippen MR) is 90.7 cm³/mol. The van der Waals surface area contributed by atoms with E-state index in [1.54, 1.807) is 16.7 Å². The molecule has 24 heavy (non-hydrogen) atoms. The second-order valence-electron chi connectivity index (χ2n) is 6.09. The van der Waals surface area contributed by atoms with Gasteiger partial charge < -0.3 is 0 Å². The van der Waals surface area contributed by atoms with Crippen LogP contribution in [0.3, 0.4) is 0 Å². The molecule has 1 aliphatic rings. The van der Waals surface area contributed by atoms with Gasteiger partial charge in [-0.3, -0.25) is 14.1 Å². The van der Waals surface area contributed by atoms with E-state index in [0.29, 0.717) is 12.2 Å². The van der Waals surface area contributed by atoms with Crippen LogP contribution in [0.25, 0.3) is 5.65 Å². The van der Waals surface area contributed by atoms with Crippen molar-refractivity contribution in [3.05, 3.63) is 69.8 Å². The Bertz CT molecular complexity index is 950. The molecule has 1 aliphatic heterocycles. The van der Waals surface area contributed by atoms with Gasteiger partial charge in [0.15, 0.2) is 0 Å². The van der Waals surface area contributed by atoms with Crippen molar-refractivity contribution in [3.8, 4) is 0 Å². The molecular weight excluding hydrogens is 302 g/mol. The number of hydrogen-bond acceptors (Lipinski definition) is 5. The van der Waals surface area contributed by atoms with Crippen LogP contribution in [0, 0.1) is 0 Å². The van der Waals surface area contributed by atoms with Crippen LogP contribution in [-0.4, -0.2) is 30.8 Å². The second kappa shape index (κ2) is 6.13. The van der Waals surface area contributed by atoms with Crippen LogP contribution < -0.4 is 5.56 Å². The molecule has 4 rings (SSSR count). The number of hydrogen-bond donors (Lipinski definition) is 0. The summed E-state index contributed by atoms with van der Waals surface area (Å²) in [7, 11) is 0. The number of fused-ring (bicyclic) bond motifs is 2. The molecule has 3 aromatic rings. The van der Waals surface area contributed by atoms with Crippen molar-refractivity contribution in [2.75, 3.05) is 6.54 Å². The summed E-state index contributed by atoms with van der Waals surface area (Å²) in [5.74, 6) is 0.887. The first-order valence-corrected chi connectivity index (χ1v) is 8.26. The molecule has 0 unspecified atom stereocenters. The van der Waals surface area contributed by atoms with Gasteiger partial charge in [0.25, 0.3) is 5.56 Å². The first kappa shape index (κ1) is 15.0. The Kier molecular flexibility index (Phi) is 3.82. The molecule has 6 nitrogen and oxygen atoms in total. The van der Waals surface area contributed by atoms with Crippen LogP contribution in [0.5, 0.6) is 0 Å². The van der Waals surface area contributed by atoms with Crippen LogP contribution in [0.2, 0.25) is 0 Å². The normalized spacial score (nSPS) is 14.7. The number of aromatic nitrogens is 4. The van der Waals surface area contributed by atoms with Crippen molar-refractivity contribution >= 4 is 5.65 Å². The zero-order valence-corrected chi connectivity index (χ0v) is 13.6. The Labute approximate surface area is 139 Å². The average molecular weight is 321 g/mol. The zero-order chi connectivity index (χ0) is 16.5. The molecule has 3 aromatic heterocycles. The van der Waals surface area contributed by atoms with Gasteiger partial charge in [-0.25, -0.2) is 15.0 Å². The van der Waals surface area contributed by atoms with E-state index in [9.17, 15) is 4.79 Å². The molecule has 122 valence electrons. The molecule has 0 fully saturated rings. The lowest BCUT2D eigenvalue weighted by atomic mass is 10.1. The molecule has 0 radical (unpaired) electrons. The molecule has 0 bridgehead atoms. The van der Waals surface area contributed by atoms with Gasteiger partial charge in [0, 0.05) is 44.5 Å². The Morgan fingerprint density at radius 3 is 3.04 bits per heavy atom. The Morgan fingerprint density at radius 1 is 1.25 bits per heavy atom. The van der Waals surface area contributed by atoms with E-state index in [0.717, 1.165) is 43.1 Å². The standard InChI is InChI=1S/C18H19N5O/c1-2-16-19-10-13-6-8-22(12-15(13)21-16)11-14-9-18(24)23-7-4-3-5-17(23)20-14/h3-5,7,9-10H,2,6,8,11-12H2,1H3. The highest BCUT2D eigenvalue weighted by Crippen LogP contribution is 2.18. The molecule has 0 atom stereocenters. The summed E-state index contributed by atoms with van der Waals surface area (Å²) in [6.45, 7) is 4.43. The fourth-order valence-corrected chi connectivity index (χ4v) is 3.12. The van der Waals surface area contributed by atoms with E-state index in [2.05, 4.69) is 26.8 Å². The molecule has 0 aromatic carbocycles. The van der Waals surface area contributed by atoms with Crippen LogP contribution in [0.4, 0.5) is 0 Å². The molecule has 0 N–H and O–H groups in total. The minimum atomic E-state index is -0.0383. The monoisotopic (exact) mass is 321 g/mol. The van der Waals surface area contributed by atoms with Crippen LogP contribution >= 0.6 is 0 Å². The highest BCUT2D eigenvalue weighted by molar-refractivity contribution is 5.38. The molecular formula is C18H19N5O. The summed E-state index contributed by atoms with van der Waals surface area (Å²) >= 11 is 0. The van der Waals surface area contributed by atoms with Crippen molar-refractivity contribution in [2.45, 2.75) is 32.9 Å². The van der Waals surface area contributed by atoms with Crippen LogP contribution in [0.15, 0.2) is 41.5 Å². The van der Waals surface area contributed by atoms with E-state index in [4.69, 9.17) is 0 Å². The SMILES string of the molecule is CCc1ncc2c(n1)CN(Cc1cc(=O)n3ccccc3n1)CC2. The highest BCUT2D eigenvalue weighted by Gasteiger charge is 2.19. The maximum atomic E-state index is 12.2. The fraction of sp³-hybridized carbons (Fsp3) is 0.333. The lowest BCUT2D eigenvalue weighted by molar-refractivity contribution is 0.238. The number of nitrogens with zero attached hydrogens (tertiary/aromatic N) is 5. The van der Waals surface area contributed by atoms with Crippen molar-refractivity contribution in [1.29, 1.82) is 0 Å². The topological polar surface area (TPSA) is 63.4 Å². The maximum Gasteiger partial charge on any atom is 0.258 e. The summed E-state index contributed by atoms with van der Waals surface area (Å²) in [6, 6.07) is 7.21. The summed E-state index contributed by atoms with van der Waals surface area (Å²) in [4.78, 5) is 28.1. The zero-order valence-electron chi connectivity index (χ0n) is 13.6. The van der Waals surface area contributed by atoms with Gasteiger partial charge in [0.2, 0.25) is 0 Å². The van der Waals surface area contributed by atoms with E-state index >= 15 is 0 Å². The summed E-state index contributed by atoms with van der Waals surface area (Å²) in [5.41, 5.74) is 3.79. The molecule has 6 heteroatoms. The van der Waals surface area contributed by atoms with Crippen molar-refractivity contribution in [2.24, 2.45) is 0 Å². The fourth-order valence-electron chi connectivity index (χ4n) is 3.12. The summed E-state index contributed by atoms with van der Waals surface area (Å²) < 4.78 is 1.57. The van der Waals surface area contributed by atoms with E-state index in [-0.39, 0.29) is 5.56 Å². The molecule has 0 spiro atoms. The first-order chi connectivity index (χ1) is 11.7. The molecule has 0 saturated heterocycles. The van der Waals surface area contributed by atoms with Gasteiger partial charge in [-0.1, -0.05) is 13.0 Å². The molecule has 0 amide bonds. The molecule has 0 aliphatic carbocycles. The van der Waals surface area contributed by atoms with E-state index < -0.39 is 0 Å². The summed E-state index contributed by atoms with van der Waals surface area (Å²) in [6.07, 6.45) is 5.48. The smallest absolute Gasteiger partial charge is 0.258 e. The van der Waals surface area contributed by atoms with E-state index in [1.807, 2.05) is 24.4 Å². The third-order valence-corrected chi connectivity index (χ3v) is 4.40. The Balaban J connectivity index is 1.59. The van der Waals surface area contributed by atoms with Crippen LogP contribution in [0.1, 0.15) is 29.7 Å². The summed E-state index contributed by atoms with van der Waals surface area (Å²) in [5, 5.41) is 0. The lowest BCUT2D eigenvalue weighted by Crippen LogP contribution is -2.32. The minimum absolute atomic E-state index is 0.0383.